The molecule has 1 aliphatic heterocycles. The van der Waals surface area contributed by atoms with E-state index >= 15 is 0 Å². The number of halogens is 1. The minimum Gasteiger partial charge on any atom is -0.497 e. The van der Waals surface area contributed by atoms with E-state index in [1.54, 1.807) is 56.6 Å². The van der Waals surface area contributed by atoms with Gasteiger partial charge >= 0.3 is 0 Å². The fraction of sp³-hybridized carbons (Fsp3) is 0.240. The third kappa shape index (κ3) is 3.94. The van der Waals surface area contributed by atoms with E-state index in [4.69, 9.17) is 30.5 Å². The van der Waals surface area contributed by atoms with Gasteiger partial charge in [0.25, 0.3) is 5.91 Å². The molecule has 0 aliphatic carbocycles. The highest BCUT2D eigenvalue weighted by atomic mass is 35.5. The second kappa shape index (κ2) is 9.01. The van der Waals surface area contributed by atoms with Crippen LogP contribution in [0.3, 0.4) is 0 Å². The Morgan fingerprint density at radius 1 is 0.812 bits per heavy atom. The summed E-state index contributed by atoms with van der Waals surface area (Å²) in [7, 11) is 4.76. The van der Waals surface area contributed by atoms with E-state index in [0.717, 1.165) is 11.1 Å². The average molecular weight is 454 g/mol. The number of carbonyl (C=O) groups excluding carboxylic acids is 1. The van der Waals surface area contributed by atoms with Crippen LogP contribution in [0.2, 0.25) is 5.02 Å². The van der Waals surface area contributed by atoms with Crippen LogP contribution < -0.4 is 23.8 Å². The van der Waals surface area contributed by atoms with Crippen molar-refractivity contribution in [2.45, 2.75) is 19.1 Å². The Bertz CT molecular complexity index is 1130. The maximum atomic E-state index is 13.2. The maximum Gasteiger partial charge on any atom is 0.271 e. The molecule has 7 heteroatoms. The molecule has 2 unspecified atom stereocenters. The minimum absolute atomic E-state index is 0.152. The molecule has 0 aromatic heterocycles. The van der Waals surface area contributed by atoms with Crippen LogP contribution in [0.5, 0.6) is 23.0 Å². The molecule has 0 N–H and O–H groups in total. The molecule has 32 heavy (non-hydrogen) atoms. The number of ether oxygens (including phenoxy) is 4. The molecule has 3 aromatic carbocycles. The highest BCUT2D eigenvalue weighted by Gasteiger charge is 2.51. The van der Waals surface area contributed by atoms with Crippen LogP contribution in [0.4, 0.5) is 5.69 Å². The Balaban J connectivity index is 1.72. The largest absolute Gasteiger partial charge is 0.497 e. The summed E-state index contributed by atoms with van der Waals surface area (Å²) in [4.78, 5) is 14.9. The van der Waals surface area contributed by atoms with E-state index in [1.807, 2.05) is 37.3 Å². The zero-order chi connectivity index (χ0) is 22.8. The van der Waals surface area contributed by atoms with Crippen molar-refractivity contribution in [1.29, 1.82) is 0 Å². The summed E-state index contributed by atoms with van der Waals surface area (Å²) in [5.74, 6) is 2.33. The third-order valence-electron chi connectivity index (χ3n) is 5.55. The number of benzene rings is 3. The van der Waals surface area contributed by atoms with Gasteiger partial charge in [-0.25, -0.2) is 0 Å². The summed E-state index contributed by atoms with van der Waals surface area (Å²) < 4.78 is 22.1. The monoisotopic (exact) mass is 453 g/mol. The Morgan fingerprint density at radius 3 is 2.12 bits per heavy atom. The van der Waals surface area contributed by atoms with Gasteiger partial charge in [0.05, 0.1) is 21.3 Å². The number of aryl methyl sites for hydroxylation is 1. The maximum absolute atomic E-state index is 13.2. The molecule has 4 rings (SSSR count). The number of rotatable bonds is 7. The van der Waals surface area contributed by atoms with Gasteiger partial charge in [-0.2, -0.15) is 0 Å². The predicted octanol–water partition coefficient (Wildman–Crippen LogP) is 5.21. The smallest absolute Gasteiger partial charge is 0.271 e. The van der Waals surface area contributed by atoms with E-state index < -0.39 is 6.10 Å². The number of amides is 1. The lowest BCUT2D eigenvalue weighted by atomic mass is 9.89. The summed E-state index contributed by atoms with van der Waals surface area (Å²) in [5, 5.41) is 0.598. The van der Waals surface area contributed by atoms with Gasteiger partial charge in [-0.15, -0.1) is 0 Å². The number of hydrogen-bond acceptors (Lipinski definition) is 5. The average Bonchev–Trinajstić information content (AvgIpc) is 2.82. The Morgan fingerprint density at radius 2 is 1.50 bits per heavy atom. The molecule has 6 nitrogen and oxygen atoms in total. The summed E-state index contributed by atoms with van der Waals surface area (Å²) in [6.07, 6.45) is -0.707. The van der Waals surface area contributed by atoms with Crippen molar-refractivity contribution < 1.29 is 23.7 Å². The molecule has 2 atom stereocenters. The molecule has 1 amide bonds. The van der Waals surface area contributed by atoms with Gasteiger partial charge in [0.2, 0.25) is 6.10 Å². The van der Waals surface area contributed by atoms with Gasteiger partial charge < -0.3 is 18.9 Å². The van der Waals surface area contributed by atoms with Crippen molar-refractivity contribution in [1.82, 2.24) is 0 Å². The molecule has 166 valence electrons. The van der Waals surface area contributed by atoms with Crippen LogP contribution in [0.25, 0.3) is 0 Å². The van der Waals surface area contributed by atoms with E-state index in [-0.39, 0.29) is 11.9 Å². The van der Waals surface area contributed by atoms with Crippen LogP contribution in [0.15, 0.2) is 60.7 Å². The van der Waals surface area contributed by atoms with E-state index in [1.165, 1.54) is 0 Å². The SMILES string of the molecule is COc1ccc(OC2C(=O)N(c3ccc(C)c(Cl)c3)C2c2ccc(OC)c(OC)c2)cc1. The van der Waals surface area contributed by atoms with Gasteiger partial charge in [-0.05, 0) is 66.6 Å². The van der Waals surface area contributed by atoms with Crippen LogP contribution in [-0.2, 0) is 4.79 Å². The lowest BCUT2D eigenvalue weighted by Gasteiger charge is -2.46. The van der Waals surface area contributed by atoms with Crippen LogP contribution in [0.1, 0.15) is 17.2 Å². The molecule has 1 saturated heterocycles. The van der Waals surface area contributed by atoms with Crippen molar-refractivity contribution >= 4 is 23.2 Å². The lowest BCUT2D eigenvalue weighted by molar-refractivity contribution is -0.135. The van der Waals surface area contributed by atoms with Crippen LogP contribution in [-0.4, -0.2) is 33.3 Å². The zero-order valence-electron chi connectivity index (χ0n) is 18.3. The van der Waals surface area contributed by atoms with E-state index in [9.17, 15) is 4.79 Å². The van der Waals surface area contributed by atoms with Crippen molar-refractivity contribution in [2.24, 2.45) is 0 Å². The zero-order valence-corrected chi connectivity index (χ0v) is 19.1. The van der Waals surface area contributed by atoms with Crippen molar-refractivity contribution in [2.75, 3.05) is 26.2 Å². The van der Waals surface area contributed by atoms with Gasteiger partial charge in [0, 0.05) is 10.7 Å². The second-order valence-corrected chi connectivity index (χ2v) is 7.82. The molecule has 0 spiro atoms. The fourth-order valence-electron chi connectivity index (χ4n) is 3.76. The van der Waals surface area contributed by atoms with Crippen molar-refractivity contribution in [3.63, 3.8) is 0 Å². The molecular formula is C25H24ClNO5. The van der Waals surface area contributed by atoms with Gasteiger partial charge in [-0.3, -0.25) is 9.69 Å². The van der Waals surface area contributed by atoms with E-state index in [2.05, 4.69) is 0 Å². The first-order chi connectivity index (χ1) is 15.5. The number of β-lactam (4-membered cyclic amide) rings is 1. The molecular weight excluding hydrogens is 430 g/mol. The third-order valence-corrected chi connectivity index (χ3v) is 5.96. The molecule has 1 fully saturated rings. The number of nitrogens with zero attached hydrogens (tertiary/aromatic N) is 1. The standard InChI is InChI=1S/C25H24ClNO5/c1-15-5-7-17(14-20(15)26)27-23(16-6-12-21(30-3)22(13-16)31-4)24(25(27)28)32-19-10-8-18(29-2)9-11-19/h5-14,23-24H,1-4H3. The lowest BCUT2D eigenvalue weighted by Crippen LogP contribution is -2.61. The van der Waals surface area contributed by atoms with Gasteiger partial charge in [-0.1, -0.05) is 23.7 Å². The highest BCUT2D eigenvalue weighted by Crippen LogP contribution is 2.44. The summed E-state index contributed by atoms with van der Waals surface area (Å²) in [6, 6.07) is 17.9. The molecule has 3 aromatic rings. The quantitative estimate of drug-likeness (QED) is 0.460. The first kappa shape index (κ1) is 21.8. The second-order valence-electron chi connectivity index (χ2n) is 7.41. The Labute approximate surface area is 192 Å². The van der Waals surface area contributed by atoms with Crippen LogP contribution >= 0.6 is 11.6 Å². The molecule has 0 bridgehead atoms. The molecule has 1 heterocycles. The Hall–Kier alpha value is -3.38. The summed E-state index contributed by atoms with van der Waals surface area (Å²) in [6.45, 7) is 1.92. The number of methoxy groups -OCH3 is 3. The topological polar surface area (TPSA) is 57.2 Å². The normalized spacial score (nSPS) is 17.5. The predicted molar refractivity (Wildman–Crippen MR) is 123 cm³/mol. The molecule has 1 aliphatic rings. The highest BCUT2D eigenvalue weighted by molar-refractivity contribution is 6.31. The van der Waals surface area contributed by atoms with Crippen molar-refractivity contribution in [3.05, 3.63) is 76.8 Å². The van der Waals surface area contributed by atoms with Gasteiger partial charge in [0.1, 0.15) is 17.5 Å². The first-order valence-electron chi connectivity index (χ1n) is 10.1. The molecule has 0 saturated carbocycles. The minimum atomic E-state index is -0.707. The summed E-state index contributed by atoms with van der Waals surface area (Å²) in [5.41, 5.74) is 2.51. The molecule has 0 radical (unpaired) electrons. The fourth-order valence-corrected chi connectivity index (χ4v) is 3.93. The number of carbonyl (C=O) groups is 1. The van der Waals surface area contributed by atoms with Gasteiger partial charge in [0.15, 0.2) is 11.5 Å². The van der Waals surface area contributed by atoms with Crippen molar-refractivity contribution in [3.8, 4) is 23.0 Å². The number of hydrogen-bond donors (Lipinski definition) is 0. The van der Waals surface area contributed by atoms with E-state index in [0.29, 0.717) is 33.7 Å². The first-order valence-corrected chi connectivity index (χ1v) is 10.5. The Kier molecular flexibility index (Phi) is 6.15. The number of anilines is 1. The van der Waals surface area contributed by atoms with Crippen LogP contribution in [0, 0.1) is 6.92 Å². The summed E-state index contributed by atoms with van der Waals surface area (Å²) >= 11 is 6.34.